The minimum atomic E-state index is 0. The summed E-state index contributed by atoms with van der Waals surface area (Å²) in [4.78, 5) is 4.45. The van der Waals surface area contributed by atoms with Crippen LogP contribution in [0.1, 0.15) is 25.3 Å². The molecule has 1 radical (unpaired) electrons. The number of nitrogens with zero attached hydrogens (tertiary/aromatic N) is 2. The first-order valence-electron chi connectivity index (χ1n) is 11.4. The van der Waals surface area contributed by atoms with Crippen molar-refractivity contribution in [1.29, 1.82) is 0 Å². The van der Waals surface area contributed by atoms with Gasteiger partial charge >= 0.3 is 0 Å². The first-order valence-corrected chi connectivity index (χ1v) is 11.4. The van der Waals surface area contributed by atoms with E-state index in [0.29, 0.717) is 5.92 Å². The monoisotopic (exact) mass is 633 g/mol. The van der Waals surface area contributed by atoms with Gasteiger partial charge in [-0.15, -0.1) is 76.9 Å². The minimum absolute atomic E-state index is 0. The first-order chi connectivity index (χ1) is 16.7. The summed E-state index contributed by atoms with van der Waals surface area (Å²) in [6.07, 6.45) is 1.85. The van der Waals surface area contributed by atoms with Gasteiger partial charge in [0.15, 0.2) is 5.58 Å². The Hall–Kier alpha value is -3.59. The zero-order chi connectivity index (χ0) is 23.3. The van der Waals surface area contributed by atoms with Gasteiger partial charge in [-0.3, -0.25) is 0 Å². The maximum Gasteiger partial charge on any atom is 0.157 e. The molecule has 0 N–H and O–H groups in total. The molecule has 2 aromatic heterocycles. The van der Waals surface area contributed by atoms with E-state index in [0.717, 1.165) is 33.5 Å². The second kappa shape index (κ2) is 11.2. The van der Waals surface area contributed by atoms with E-state index < -0.39 is 0 Å². The normalized spacial score (nSPS) is 10.6. The predicted octanol–water partition coefficient (Wildman–Crippen LogP) is 8.12. The number of rotatable bonds is 3. The maximum atomic E-state index is 5.42. The van der Waals surface area contributed by atoms with Crippen LogP contribution in [0.25, 0.3) is 44.3 Å². The maximum absolute atomic E-state index is 5.42. The summed E-state index contributed by atoms with van der Waals surface area (Å²) in [5, 5.41) is 7.59. The van der Waals surface area contributed by atoms with Crippen LogP contribution in [0, 0.1) is 12.1 Å². The molecule has 175 valence electrons. The third kappa shape index (κ3) is 5.40. The van der Waals surface area contributed by atoms with Crippen LogP contribution in [0.5, 0.6) is 0 Å². The minimum Gasteiger partial charge on any atom is -0.366 e. The van der Waals surface area contributed by atoms with Gasteiger partial charge in [-0.2, -0.15) is 0 Å². The van der Waals surface area contributed by atoms with Gasteiger partial charge in [-0.1, -0.05) is 50.2 Å². The molecule has 4 heteroatoms. The summed E-state index contributed by atoms with van der Waals surface area (Å²) in [7, 11) is 0. The van der Waals surface area contributed by atoms with Crippen molar-refractivity contribution in [2.75, 3.05) is 0 Å². The molecule has 0 fully saturated rings. The largest absolute Gasteiger partial charge is 0.366 e. The van der Waals surface area contributed by atoms with Gasteiger partial charge in [-0.05, 0) is 40.1 Å². The molecule has 3 nitrogen and oxygen atoms in total. The molecule has 0 unspecified atom stereocenters. The third-order valence-electron chi connectivity index (χ3n) is 5.76. The molecule has 0 aliphatic carbocycles. The molecule has 0 spiro atoms. The summed E-state index contributed by atoms with van der Waals surface area (Å²) in [5.41, 5.74) is 5.98. The van der Waals surface area contributed by atoms with Crippen molar-refractivity contribution >= 4 is 21.7 Å². The summed E-state index contributed by atoms with van der Waals surface area (Å²) in [6.45, 7) is 4.34. The number of benzene rings is 4. The molecule has 0 amide bonds. The Labute approximate surface area is 219 Å². The van der Waals surface area contributed by atoms with Crippen molar-refractivity contribution in [2.45, 2.75) is 19.8 Å². The molecule has 0 saturated carbocycles. The number of hydrogen-bond donors (Lipinski definition) is 0. The first kappa shape index (κ1) is 24.5. The molecule has 0 aliphatic heterocycles. The molecule has 6 rings (SSSR count). The van der Waals surface area contributed by atoms with Gasteiger partial charge in [0.1, 0.15) is 0 Å². The van der Waals surface area contributed by atoms with Gasteiger partial charge in [0, 0.05) is 37.4 Å². The molecule has 0 saturated heterocycles. The smallest absolute Gasteiger partial charge is 0.157 e. The van der Waals surface area contributed by atoms with Crippen LogP contribution in [-0.4, -0.2) is 10.1 Å². The van der Waals surface area contributed by atoms with E-state index in [9.17, 15) is 0 Å². The third-order valence-corrected chi connectivity index (χ3v) is 5.76. The average molecular weight is 633 g/mol. The van der Waals surface area contributed by atoms with Crippen LogP contribution >= 0.6 is 0 Å². The van der Waals surface area contributed by atoms with E-state index in [2.05, 4.69) is 66.5 Å². The van der Waals surface area contributed by atoms with E-state index in [-0.39, 0.29) is 20.1 Å². The molecule has 0 aliphatic rings. The molecule has 6 aromatic rings. The van der Waals surface area contributed by atoms with Gasteiger partial charge in [0.05, 0.1) is 0 Å². The fraction of sp³-hybridized carbons (Fsp3) is 0.0968. The van der Waals surface area contributed by atoms with Gasteiger partial charge in [0.2, 0.25) is 0 Å². The second-order valence-corrected chi connectivity index (χ2v) is 8.37. The zero-order valence-electron chi connectivity index (χ0n) is 19.5. The van der Waals surface area contributed by atoms with Crippen LogP contribution in [0.2, 0.25) is 0 Å². The summed E-state index contributed by atoms with van der Waals surface area (Å²) < 4.78 is 5.42. The standard InChI is InChI=1S/C16H14NO.C15H10N.Ir/c1-11(2)13-8-9-14-15(10-13)18-17-16(14)12-6-4-3-5-7-12;1-2-7-13(8-3-1)15-14-9-5-4-6-12(14)10-11-16-15;/h3-6,8-11H,1-2H3;1-7,9-11H;/q2*-1;. The Balaban J connectivity index is 0.000000161. The van der Waals surface area contributed by atoms with Gasteiger partial charge in [0.25, 0.3) is 0 Å². The van der Waals surface area contributed by atoms with E-state index in [1.54, 1.807) is 0 Å². The molecular weight excluding hydrogens is 609 g/mol. The van der Waals surface area contributed by atoms with Crippen LogP contribution in [0.4, 0.5) is 0 Å². The Morgan fingerprint density at radius 1 is 0.714 bits per heavy atom. The van der Waals surface area contributed by atoms with Crippen LogP contribution in [-0.2, 0) is 20.1 Å². The molecular formula is C31H24IrN2O-2. The quantitative estimate of drug-likeness (QED) is 0.185. The van der Waals surface area contributed by atoms with Crippen molar-refractivity contribution in [1.82, 2.24) is 10.1 Å². The second-order valence-electron chi connectivity index (χ2n) is 8.37. The fourth-order valence-electron chi connectivity index (χ4n) is 3.92. The number of hydrogen-bond acceptors (Lipinski definition) is 3. The number of aromatic nitrogens is 2. The van der Waals surface area contributed by atoms with Crippen molar-refractivity contribution in [3.05, 3.63) is 121 Å². The predicted molar refractivity (Wildman–Crippen MR) is 138 cm³/mol. The summed E-state index contributed by atoms with van der Waals surface area (Å²) in [6, 6.07) is 38.7. The Morgan fingerprint density at radius 3 is 2.09 bits per heavy atom. The topological polar surface area (TPSA) is 38.9 Å². The molecule has 4 aromatic carbocycles. The van der Waals surface area contributed by atoms with Crippen molar-refractivity contribution < 1.29 is 24.6 Å². The molecule has 0 atom stereocenters. The van der Waals surface area contributed by atoms with E-state index in [4.69, 9.17) is 4.52 Å². The van der Waals surface area contributed by atoms with E-state index >= 15 is 0 Å². The number of pyridine rings is 1. The number of fused-ring (bicyclic) bond motifs is 2. The molecule has 0 bridgehead atoms. The Bertz CT molecular complexity index is 1520. The Morgan fingerprint density at radius 2 is 1.40 bits per heavy atom. The average Bonchev–Trinajstić information content (AvgIpc) is 3.33. The van der Waals surface area contributed by atoms with Crippen LogP contribution < -0.4 is 0 Å². The van der Waals surface area contributed by atoms with Crippen LogP contribution in [0.15, 0.2) is 108 Å². The zero-order valence-corrected chi connectivity index (χ0v) is 21.9. The van der Waals surface area contributed by atoms with Crippen molar-refractivity contribution in [2.24, 2.45) is 0 Å². The van der Waals surface area contributed by atoms with Crippen LogP contribution in [0.3, 0.4) is 0 Å². The van der Waals surface area contributed by atoms with Gasteiger partial charge < -0.3 is 9.51 Å². The fourth-order valence-corrected chi connectivity index (χ4v) is 3.92. The SMILES string of the molecule is CC(C)c1ccc2c(-c3[c-]cccc3)noc2c1.[Ir].[c-]1ccccc1-c1nccc2ccccc12. The summed E-state index contributed by atoms with van der Waals surface area (Å²) >= 11 is 0. The Kier molecular flexibility index (Phi) is 7.87. The van der Waals surface area contributed by atoms with Gasteiger partial charge in [-0.25, -0.2) is 0 Å². The molecule has 2 heterocycles. The summed E-state index contributed by atoms with van der Waals surface area (Å²) in [5.74, 6) is 0.492. The van der Waals surface area contributed by atoms with E-state index in [1.807, 2.05) is 72.9 Å². The van der Waals surface area contributed by atoms with E-state index in [1.165, 1.54) is 16.3 Å². The molecule has 35 heavy (non-hydrogen) atoms. The van der Waals surface area contributed by atoms with Crippen molar-refractivity contribution in [3.8, 4) is 22.5 Å². The van der Waals surface area contributed by atoms with Crippen molar-refractivity contribution in [3.63, 3.8) is 0 Å².